The molecule has 1 saturated carbocycles. The monoisotopic (exact) mass is 237 g/mol. The molecule has 1 amide bonds. The van der Waals surface area contributed by atoms with E-state index in [1.807, 2.05) is 6.07 Å². The average molecular weight is 237 g/mol. The van der Waals surface area contributed by atoms with Crippen LogP contribution in [0.1, 0.15) is 25.0 Å². The van der Waals surface area contributed by atoms with Crippen molar-refractivity contribution in [2.24, 2.45) is 5.92 Å². The van der Waals surface area contributed by atoms with Gasteiger partial charge in [0.2, 0.25) is 5.91 Å². The number of amides is 1. The smallest absolute Gasteiger partial charge is 0.325 e. The van der Waals surface area contributed by atoms with E-state index < -0.39 is 5.97 Å². The fraction of sp³-hybridized carbons (Fsp3) is 0.500. The minimum absolute atomic E-state index is 0.0615. The molecule has 1 aromatic heterocycles. The maximum absolute atomic E-state index is 11.7. The second-order valence-electron chi connectivity index (χ2n) is 3.99. The van der Waals surface area contributed by atoms with Crippen LogP contribution in [0.25, 0.3) is 0 Å². The van der Waals surface area contributed by atoms with Gasteiger partial charge in [-0.05, 0) is 25.5 Å². The molecule has 0 bridgehead atoms. The number of nitrogens with one attached hydrogen (secondary N) is 1. The molecule has 1 aliphatic carbocycles. The maximum atomic E-state index is 11.7. The van der Waals surface area contributed by atoms with Gasteiger partial charge in [-0.15, -0.1) is 0 Å². The number of hydrogen-bond donors (Lipinski definition) is 1. The van der Waals surface area contributed by atoms with E-state index in [4.69, 9.17) is 9.15 Å². The second-order valence-corrected chi connectivity index (χ2v) is 3.99. The Morgan fingerprint density at radius 1 is 1.59 bits per heavy atom. The summed E-state index contributed by atoms with van der Waals surface area (Å²) in [6.07, 6.45) is 2.38. The van der Waals surface area contributed by atoms with Gasteiger partial charge >= 0.3 is 5.97 Å². The van der Waals surface area contributed by atoms with Gasteiger partial charge in [-0.1, -0.05) is 0 Å². The highest BCUT2D eigenvalue weighted by Gasteiger charge is 2.45. The van der Waals surface area contributed by atoms with E-state index in [-0.39, 0.29) is 24.3 Å². The predicted molar refractivity (Wildman–Crippen MR) is 59.2 cm³/mol. The number of esters is 1. The quantitative estimate of drug-likeness (QED) is 0.777. The Bertz CT molecular complexity index is 399. The molecule has 1 aromatic rings. The molecule has 1 fully saturated rings. The molecule has 5 nitrogen and oxygen atoms in total. The molecule has 1 heterocycles. The third-order valence-electron chi connectivity index (χ3n) is 2.75. The normalized spacial score (nSPS) is 21.9. The van der Waals surface area contributed by atoms with Gasteiger partial charge in [-0.25, -0.2) is 0 Å². The molecule has 2 unspecified atom stereocenters. The topological polar surface area (TPSA) is 68.5 Å². The molecule has 2 rings (SSSR count). The van der Waals surface area contributed by atoms with E-state index >= 15 is 0 Å². The lowest BCUT2D eigenvalue weighted by molar-refractivity contribution is -0.143. The van der Waals surface area contributed by atoms with E-state index in [2.05, 4.69) is 5.32 Å². The van der Waals surface area contributed by atoms with Gasteiger partial charge in [-0.3, -0.25) is 9.59 Å². The van der Waals surface area contributed by atoms with Gasteiger partial charge in [-0.2, -0.15) is 0 Å². The number of carbonyl (C=O) groups is 2. The molecular formula is C12H15NO4. The van der Waals surface area contributed by atoms with Crippen LogP contribution < -0.4 is 5.32 Å². The number of ether oxygens (including phenoxy) is 1. The van der Waals surface area contributed by atoms with Crippen LogP contribution in [0.5, 0.6) is 0 Å². The van der Waals surface area contributed by atoms with Crippen molar-refractivity contribution in [3.8, 4) is 0 Å². The summed E-state index contributed by atoms with van der Waals surface area (Å²) < 4.78 is 9.95. The summed E-state index contributed by atoms with van der Waals surface area (Å²) in [7, 11) is 0. The SMILES string of the molecule is CCOC(=O)CNC(=O)C1CC1c1ccco1. The molecule has 1 N–H and O–H groups in total. The van der Waals surface area contributed by atoms with E-state index in [1.165, 1.54) is 0 Å². The first-order valence-electron chi connectivity index (χ1n) is 5.69. The van der Waals surface area contributed by atoms with Gasteiger partial charge < -0.3 is 14.5 Å². The molecule has 5 heteroatoms. The van der Waals surface area contributed by atoms with Crippen LogP contribution in [0.4, 0.5) is 0 Å². The first kappa shape index (κ1) is 11.7. The summed E-state index contributed by atoms with van der Waals surface area (Å²) in [5.41, 5.74) is 0. The fourth-order valence-electron chi connectivity index (χ4n) is 1.80. The average Bonchev–Trinajstić information content (AvgIpc) is 2.93. The van der Waals surface area contributed by atoms with Crippen LogP contribution in [0.15, 0.2) is 22.8 Å². The third kappa shape index (κ3) is 2.87. The van der Waals surface area contributed by atoms with Crippen molar-refractivity contribution in [1.29, 1.82) is 0 Å². The van der Waals surface area contributed by atoms with E-state index in [0.717, 1.165) is 12.2 Å². The molecule has 0 spiro atoms. The number of carbonyl (C=O) groups excluding carboxylic acids is 2. The fourth-order valence-corrected chi connectivity index (χ4v) is 1.80. The Balaban J connectivity index is 1.74. The van der Waals surface area contributed by atoms with Gasteiger partial charge in [0.15, 0.2) is 0 Å². The highest BCUT2D eigenvalue weighted by atomic mass is 16.5. The van der Waals surface area contributed by atoms with Crippen molar-refractivity contribution < 1.29 is 18.7 Å². The molecule has 0 aliphatic heterocycles. The summed E-state index contributed by atoms with van der Waals surface area (Å²) in [5, 5.41) is 2.57. The lowest BCUT2D eigenvalue weighted by Gasteiger charge is -2.03. The summed E-state index contributed by atoms with van der Waals surface area (Å²) >= 11 is 0. The van der Waals surface area contributed by atoms with Crippen LogP contribution in [-0.4, -0.2) is 25.0 Å². The number of furan rings is 1. The minimum atomic E-state index is -0.406. The van der Waals surface area contributed by atoms with Gasteiger partial charge in [0.25, 0.3) is 0 Å². The van der Waals surface area contributed by atoms with Crippen LogP contribution in [0, 0.1) is 5.92 Å². The molecule has 0 aromatic carbocycles. The van der Waals surface area contributed by atoms with Crippen molar-refractivity contribution in [3.63, 3.8) is 0 Å². The molecule has 92 valence electrons. The van der Waals surface area contributed by atoms with Gasteiger partial charge in [0.1, 0.15) is 12.3 Å². The van der Waals surface area contributed by atoms with Crippen LogP contribution in [0.2, 0.25) is 0 Å². The predicted octanol–water partition coefficient (Wildman–Crippen LogP) is 1.06. The zero-order chi connectivity index (χ0) is 12.3. The van der Waals surface area contributed by atoms with Crippen LogP contribution in [-0.2, 0) is 14.3 Å². The summed E-state index contributed by atoms with van der Waals surface area (Å²) in [6, 6.07) is 3.67. The van der Waals surface area contributed by atoms with Crippen molar-refractivity contribution in [2.45, 2.75) is 19.3 Å². The van der Waals surface area contributed by atoms with E-state index in [0.29, 0.717) is 6.61 Å². The standard InChI is InChI=1S/C12H15NO4/c1-2-16-11(14)7-13-12(15)9-6-8(9)10-4-3-5-17-10/h3-5,8-9H,2,6-7H2,1H3,(H,13,15). The summed E-state index contributed by atoms with van der Waals surface area (Å²) in [5.74, 6) is 0.402. The largest absolute Gasteiger partial charge is 0.469 e. The zero-order valence-corrected chi connectivity index (χ0v) is 9.64. The second kappa shape index (κ2) is 5.03. The first-order valence-corrected chi connectivity index (χ1v) is 5.69. The van der Waals surface area contributed by atoms with E-state index in [9.17, 15) is 9.59 Å². The molecule has 17 heavy (non-hydrogen) atoms. The Kier molecular flexibility index (Phi) is 3.46. The van der Waals surface area contributed by atoms with Crippen LogP contribution >= 0.6 is 0 Å². The number of rotatable bonds is 5. The van der Waals surface area contributed by atoms with Crippen molar-refractivity contribution >= 4 is 11.9 Å². The molecular weight excluding hydrogens is 222 g/mol. The van der Waals surface area contributed by atoms with E-state index in [1.54, 1.807) is 19.3 Å². The molecule has 1 aliphatic rings. The Morgan fingerprint density at radius 3 is 3.06 bits per heavy atom. The summed E-state index contributed by atoms with van der Waals surface area (Å²) in [4.78, 5) is 22.7. The minimum Gasteiger partial charge on any atom is -0.469 e. The van der Waals surface area contributed by atoms with Gasteiger partial charge in [0.05, 0.1) is 12.9 Å². The first-order chi connectivity index (χ1) is 8.22. The number of hydrogen-bond acceptors (Lipinski definition) is 4. The van der Waals surface area contributed by atoms with Crippen LogP contribution in [0.3, 0.4) is 0 Å². The molecule has 0 radical (unpaired) electrons. The van der Waals surface area contributed by atoms with Crippen molar-refractivity contribution in [2.75, 3.05) is 13.2 Å². The Hall–Kier alpha value is -1.78. The highest BCUT2D eigenvalue weighted by molar-refractivity contribution is 5.86. The van der Waals surface area contributed by atoms with Crippen molar-refractivity contribution in [3.05, 3.63) is 24.2 Å². The highest BCUT2D eigenvalue weighted by Crippen LogP contribution is 2.47. The summed E-state index contributed by atoms with van der Waals surface area (Å²) in [6.45, 7) is 1.99. The third-order valence-corrected chi connectivity index (χ3v) is 2.75. The molecule has 0 saturated heterocycles. The van der Waals surface area contributed by atoms with Crippen molar-refractivity contribution in [1.82, 2.24) is 5.32 Å². The van der Waals surface area contributed by atoms with Gasteiger partial charge in [0, 0.05) is 11.8 Å². The lowest BCUT2D eigenvalue weighted by Crippen LogP contribution is -2.32. The Labute approximate surface area is 99.1 Å². The zero-order valence-electron chi connectivity index (χ0n) is 9.64. The Morgan fingerprint density at radius 2 is 2.41 bits per heavy atom. The maximum Gasteiger partial charge on any atom is 0.325 e. The molecule has 2 atom stereocenters. The lowest BCUT2D eigenvalue weighted by atomic mass is 10.2.